The van der Waals surface area contributed by atoms with Crippen molar-refractivity contribution in [2.75, 3.05) is 32.2 Å². The summed E-state index contributed by atoms with van der Waals surface area (Å²) in [4.78, 5) is 49.0. The summed E-state index contributed by atoms with van der Waals surface area (Å²) in [6, 6.07) is 7.04. The summed E-state index contributed by atoms with van der Waals surface area (Å²) in [5.74, 6) is -2.07. The van der Waals surface area contributed by atoms with E-state index in [1.165, 1.54) is 19.3 Å². The first kappa shape index (κ1) is 25.6. The first-order valence-corrected chi connectivity index (χ1v) is 10.9. The van der Waals surface area contributed by atoms with Gasteiger partial charge in [-0.1, -0.05) is 12.1 Å². The van der Waals surface area contributed by atoms with Crippen LogP contribution < -0.4 is 10.1 Å². The molecule has 2 rings (SSSR count). The van der Waals surface area contributed by atoms with Crippen molar-refractivity contribution in [1.29, 1.82) is 0 Å². The number of rotatable bonds is 10. The van der Waals surface area contributed by atoms with Gasteiger partial charge in [0, 0.05) is 6.08 Å². The molecule has 0 unspecified atom stereocenters. The topological polar surface area (TPSA) is 117 Å². The second-order valence-electron chi connectivity index (χ2n) is 6.47. The molecular formula is C23H25NO8S. The molecular weight excluding hydrogens is 450 g/mol. The summed E-state index contributed by atoms with van der Waals surface area (Å²) in [5, 5.41) is 2.62. The van der Waals surface area contributed by atoms with Gasteiger partial charge in [-0.05, 0) is 50.1 Å². The standard InChI is InChI=1S/C23H25NO8S/c1-5-30-22(27)19-14(3)20(23(28)31-6-2)33-21(19)24-17(25)13-32-18(26)11-10-15-8-7-9-16(12-15)29-4/h7-12H,5-6,13H2,1-4H3,(H,24,25)/b11-10+. The molecule has 0 aliphatic rings. The molecule has 0 saturated heterocycles. The molecule has 0 spiro atoms. The molecule has 10 heteroatoms. The third-order valence-corrected chi connectivity index (χ3v) is 5.38. The highest BCUT2D eigenvalue weighted by Gasteiger charge is 2.27. The first-order chi connectivity index (χ1) is 15.8. The van der Waals surface area contributed by atoms with E-state index in [-0.39, 0.29) is 28.7 Å². The Balaban J connectivity index is 2.06. The van der Waals surface area contributed by atoms with Crippen LogP contribution in [0.2, 0.25) is 0 Å². The molecule has 33 heavy (non-hydrogen) atoms. The highest BCUT2D eigenvalue weighted by atomic mass is 32.1. The van der Waals surface area contributed by atoms with Crippen LogP contribution in [-0.4, -0.2) is 50.7 Å². The van der Waals surface area contributed by atoms with Crippen molar-refractivity contribution in [2.24, 2.45) is 0 Å². The molecule has 1 heterocycles. The van der Waals surface area contributed by atoms with Crippen LogP contribution in [0.25, 0.3) is 6.08 Å². The third-order valence-electron chi connectivity index (χ3n) is 4.19. The van der Waals surface area contributed by atoms with Gasteiger partial charge in [-0.3, -0.25) is 4.79 Å². The molecule has 1 aromatic carbocycles. The third kappa shape index (κ3) is 7.18. The van der Waals surface area contributed by atoms with E-state index in [1.54, 1.807) is 45.0 Å². The minimum atomic E-state index is -0.729. The second kappa shape index (κ2) is 12.4. The largest absolute Gasteiger partial charge is 0.497 e. The summed E-state index contributed by atoms with van der Waals surface area (Å²) < 4.78 is 20.1. The van der Waals surface area contributed by atoms with E-state index < -0.39 is 30.4 Å². The van der Waals surface area contributed by atoms with E-state index in [2.05, 4.69) is 5.32 Å². The predicted molar refractivity (Wildman–Crippen MR) is 123 cm³/mol. The number of nitrogens with one attached hydrogen (secondary N) is 1. The number of anilines is 1. The number of carbonyl (C=O) groups is 4. The van der Waals surface area contributed by atoms with Gasteiger partial charge in [0.15, 0.2) is 6.61 Å². The maximum atomic E-state index is 12.4. The molecule has 0 fully saturated rings. The van der Waals surface area contributed by atoms with Gasteiger partial charge in [-0.15, -0.1) is 11.3 Å². The molecule has 2 aromatic rings. The number of benzene rings is 1. The number of thiophene rings is 1. The fourth-order valence-electron chi connectivity index (χ4n) is 2.70. The molecule has 0 bridgehead atoms. The minimum absolute atomic E-state index is 0.0579. The number of amides is 1. The van der Waals surface area contributed by atoms with Gasteiger partial charge in [0.25, 0.3) is 5.91 Å². The molecule has 9 nitrogen and oxygen atoms in total. The van der Waals surface area contributed by atoms with Crippen molar-refractivity contribution in [3.05, 3.63) is 51.9 Å². The summed E-state index contributed by atoms with van der Waals surface area (Å²) in [6.45, 7) is 4.55. The number of methoxy groups -OCH3 is 1. The van der Waals surface area contributed by atoms with Crippen molar-refractivity contribution >= 4 is 46.2 Å². The van der Waals surface area contributed by atoms with Crippen molar-refractivity contribution in [3.63, 3.8) is 0 Å². The van der Waals surface area contributed by atoms with Gasteiger partial charge in [-0.2, -0.15) is 0 Å². The Kier molecular flexibility index (Phi) is 9.62. The van der Waals surface area contributed by atoms with Crippen molar-refractivity contribution < 1.29 is 38.1 Å². The van der Waals surface area contributed by atoms with Crippen LogP contribution in [0.3, 0.4) is 0 Å². The van der Waals surface area contributed by atoms with Crippen LogP contribution in [0, 0.1) is 6.92 Å². The van der Waals surface area contributed by atoms with Crippen LogP contribution in [-0.2, 0) is 23.8 Å². The zero-order valence-electron chi connectivity index (χ0n) is 18.8. The van der Waals surface area contributed by atoms with Gasteiger partial charge >= 0.3 is 17.9 Å². The lowest BCUT2D eigenvalue weighted by Crippen LogP contribution is -2.21. The summed E-state index contributed by atoms with van der Waals surface area (Å²) in [5.41, 5.74) is 1.11. The van der Waals surface area contributed by atoms with E-state index >= 15 is 0 Å². The average molecular weight is 476 g/mol. The monoisotopic (exact) mass is 475 g/mol. The number of hydrogen-bond acceptors (Lipinski definition) is 9. The Bertz CT molecular complexity index is 1060. The van der Waals surface area contributed by atoms with Crippen LogP contribution in [0.4, 0.5) is 5.00 Å². The van der Waals surface area contributed by atoms with Gasteiger partial charge in [0.1, 0.15) is 15.6 Å². The van der Waals surface area contributed by atoms with Crippen molar-refractivity contribution in [3.8, 4) is 5.75 Å². The van der Waals surface area contributed by atoms with E-state index in [1.807, 2.05) is 0 Å². The second-order valence-corrected chi connectivity index (χ2v) is 7.49. The zero-order valence-corrected chi connectivity index (χ0v) is 19.6. The van der Waals surface area contributed by atoms with E-state index in [0.29, 0.717) is 11.3 Å². The summed E-state index contributed by atoms with van der Waals surface area (Å²) in [6.07, 6.45) is 2.70. The van der Waals surface area contributed by atoms with Crippen LogP contribution >= 0.6 is 11.3 Å². The van der Waals surface area contributed by atoms with Gasteiger partial charge in [0.05, 0.1) is 25.9 Å². The molecule has 176 valence electrons. The Hall–Kier alpha value is -3.66. The number of carbonyl (C=O) groups excluding carboxylic acids is 4. The number of hydrogen-bond donors (Lipinski definition) is 1. The highest BCUT2D eigenvalue weighted by Crippen LogP contribution is 2.34. The number of ether oxygens (including phenoxy) is 4. The molecule has 1 amide bonds. The smallest absolute Gasteiger partial charge is 0.348 e. The Morgan fingerprint density at radius 3 is 2.39 bits per heavy atom. The van der Waals surface area contributed by atoms with E-state index in [4.69, 9.17) is 18.9 Å². The first-order valence-electron chi connectivity index (χ1n) is 10.1. The lowest BCUT2D eigenvalue weighted by atomic mass is 10.1. The molecule has 0 saturated carbocycles. The van der Waals surface area contributed by atoms with Crippen LogP contribution in [0.15, 0.2) is 30.3 Å². The Morgan fingerprint density at radius 1 is 1.03 bits per heavy atom. The quantitative estimate of drug-likeness (QED) is 0.315. The summed E-state index contributed by atoms with van der Waals surface area (Å²) in [7, 11) is 1.54. The van der Waals surface area contributed by atoms with Gasteiger partial charge < -0.3 is 24.3 Å². The summed E-state index contributed by atoms with van der Waals surface area (Å²) >= 11 is 0.888. The fraction of sp³-hybridized carbons (Fsp3) is 0.304. The lowest BCUT2D eigenvalue weighted by Gasteiger charge is -2.07. The molecule has 0 aliphatic carbocycles. The molecule has 0 radical (unpaired) electrons. The average Bonchev–Trinajstić information content (AvgIpc) is 3.12. The highest BCUT2D eigenvalue weighted by molar-refractivity contribution is 7.18. The molecule has 0 aliphatic heterocycles. The van der Waals surface area contributed by atoms with Crippen molar-refractivity contribution in [2.45, 2.75) is 20.8 Å². The minimum Gasteiger partial charge on any atom is -0.497 e. The van der Waals surface area contributed by atoms with E-state index in [0.717, 1.165) is 16.9 Å². The Labute approximate surface area is 195 Å². The molecule has 1 aromatic heterocycles. The zero-order chi connectivity index (χ0) is 24.4. The van der Waals surface area contributed by atoms with Gasteiger partial charge in [-0.25, -0.2) is 14.4 Å². The van der Waals surface area contributed by atoms with Gasteiger partial charge in [0.2, 0.25) is 0 Å². The van der Waals surface area contributed by atoms with E-state index in [9.17, 15) is 19.2 Å². The molecule has 1 N–H and O–H groups in total. The molecule has 0 atom stereocenters. The van der Waals surface area contributed by atoms with Crippen LogP contribution in [0.5, 0.6) is 5.75 Å². The SMILES string of the molecule is CCOC(=O)c1sc(NC(=O)COC(=O)/C=C/c2cccc(OC)c2)c(C(=O)OCC)c1C. The fourth-order valence-corrected chi connectivity index (χ4v) is 3.80. The maximum Gasteiger partial charge on any atom is 0.348 e. The van der Waals surface area contributed by atoms with Crippen LogP contribution in [0.1, 0.15) is 45.0 Å². The normalized spacial score (nSPS) is 10.5. The maximum absolute atomic E-state index is 12.4. The lowest BCUT2D eigenvalue weighted by molar-refractivity contribution is -0.142. The Morgan fingerprint density at radius 2 is 1.73 bits per heavy atom. The van der Waals surface area contributed by atoms with Crippen molar-refractivity contribution in [1.82, 2.24) is 0 Å². The number of esters is 3. The predicted octanol–water partition coefficient (Wildman–Crippen LogP) is 3.61.